The number of aromatic nitrogens is 4. The van der Waals surface area contributed by atoms with E-state index in [1.165, 1.54) is 22.3 Å². The van der Waals surface area contributed by atoms with Gasteiger partial charge in [0.05, 0.1) is 36.1 Å². The number of rotatable bonds is 17. The zero-order chi connectivity index (χ0) is 39.6. The summed E-state index contributed by atoms with van der Waals surface area (Å²) in [5, 5.41) is 5.46. The number of H-pyrrole nitrogens is 1. The van der Waals surface area contributed by atoms with Crippen LogP contribution in [0.4, 0.5) is 10.6 Å². The summed E-state index contributed by atoms with van der Waals surface area (Å²) in [6.45, 7) is 20.0. The molecule has 14 heteroatoms. The van der Waals surface area contributed by atoms with Crippen molar-refractivity contribution in [1.29, 1.82) is 0 Å². The Labute approximate surface area is 321 Å². The molecule has 0 aliphatic heterocycles. The van der Waals surface area contributed by atoms with Gasteiger partial charge in [-0.05, 0) is 63.2 Å². The van der Waals surface area contributed by atoms with E-state index >= 15 is 0 Å². The Morgan fingerprint density at radius 1 is 1.04 bits per heavy atom. The molecular weight excluding hydrogens is 705 g/mol. The number of nitrogens with zero attached hydrogens (tertiary/aromatic N) is 5. The maximum Gasteiger partial charge on any atom is 0.408 e. The number of fused-ring (bicyclic) bond motifs is 1. The molecule has 3 heterocycles. The molecule has 4 amide bonds. The number of alkyl carbamates (subject to hydrolysis) is 1. The highest BCUT2D eigenvalue weighted by atomic mass is 32.1. The fraction of sp³-hybridized carbons (Fsp3) is 0.450. The minimum Gasteiger partial charge on any atom is -0.444 e. The normalized spacial score (nSPS) is 12.4. The predicted octanol–water partition coefficient (Wildman–Crippen LogP) is 7.44. The van der Waals surface area contributed by atoms with Gasteiger partial charge in [0.25, 0.3) is 0 Å². The van der Waals surface area contributed by atoms with Crippen LogP contribution in [0.15, 0.2) is 67.2 Å². The first kappa shape index (κ1) is 41.5. The molecule has 0 bridgehead atoms. The molecule has 4 rings (SSSR count). The maximum absolute atomic E-state index is 13.7. The van der Waals surface area contributed by atoms with E-state index in [1.54, 1.807) is 46.2 Å². The Morgan fingerprint density at radius 2 is 1.70 bits per heavy atom. The topological polar surface area (TPSA) is 154 Å². The van der Waals surface area contributed by atoms with Crippen molar-refractivity contribution in [2.75, 3.05) is 25.0 Å². The average molecular weight is 759 g/mol. The number of benzene rings is 1. The van der Waals surface area contributed by atoms with Crippen LogP contribution in [0.25, 0.3) is 26.7 Å². The fourth-order valence-electron chi connectivity index (χ4n) is 5.80. The van der Waals surface area contributed by atoms with Crippen molar-refractivity contribution >= 4 is 45.9 Å². The number of hydrogen-bond acceptors (Lipinski definition) is 8. The van der Waals surface area contributed by atoms with Crippen LogP contribution in [0.3, 0.4) is 0 Å². The SMILES string of the molecule is C=C/C(=C\C)C(NC(=O)OC(C)(C)C)C(=O)N(CCC)CC(=O)Nc1cn2cc(-c3ccc(-c4cnc(CN(CCC)C(=O)CC(C)C)[nH]4)cc3)sc2n1. The number of anilines is 1. The lowest BCUT2D eigenvalue weighted by Gasteiger charge is -2.29. The second-order valence-electron chi connectivity index (χ2n) is 14.5. The Balaban J connectivity index is 1.40. The molecule has 1 unspecified atom stereocenters. The monoisotopic (exact) mass is 758 g/mol. The highest BCUT2D eigenvalue weighted by molar-refractivity contribution is 7.20. The first-order valence-corrected chi connectivity index (χ1v) is 19.2. The summed E-state index contributed by atoms with van der Waals surface area (Å²) in [7, 11) is 0. The predicted molar refractivity (Wildman–Crippen MR) is 214 cm³/mol. The van der Waals surface area contributed by atoms with Gasteiger partial charge in [0.15, 0.2) is 10.8 Å². The molecule has 1 atom stereocenters. The molecule has 0 radical (unpaired) electrons. The number of amides is 4. The molecule has 0 spiro atoms. The van der Waals surface area contributed by atoms with Gasteiger partial charge in [0.2, 0.25) is 17.7 Å². The third kappa shape index (κ3) is 11.4. The van der Waals surface area contributed by atoms with E-state index in [-0.39, 0.29) is 12.5 Å². The lowest BCUT2D eigenvalue weighted by atomic mass is 10.1. The highest BCUT2D eigenvalue weighted by Gasteiger charge is 2.31. The van der Waals surface area contributed by atoms with Gasteiger partial charge in [-0.2, -0.15) is 0 Å². The van der Waals surface area contributed by atoms with E-state index in [4.69, 9.17) is 4.74 Å². The van der Waals surface area contributed by atoms with Gasteiger partial charge in [-0.3, -0.25) is 18.8 Å². The molecule has 290 valence electrons. The van der Waals surface area contributed by atoms with Crippen LogP contribution in [-0.4, -0.2) is 84.2 Å². The van der Waals surface area contributed by atoms with Crippen molar-refractivity contribution in [3.8, 4) is 21.7 Å². The molecule has 13 nitrogen and oxygen atoms in total. The summed E-state index contributed by atoms with van der Waals surface area (Å²) in [6, 6.07) is 7.06. The van der Waals surface area contributed by atoms with Crippen molar-refractivity contribution in [3.05, 3.63) is 73.0 Å². The first-order valence-electron chi connectivity index (χ1n) is 18.4. The van der Waals surface area contributed by atoms with Crippen LogP contribution < -0.4 is 10.6 Å². The average Bonchev–Trinajstić information content (AvgIpc) is 3.82. The van der Waals surface area contributed by atoms with E-state index in [0.717, 1.165) is 33.9 Å². The number of carbonyl (C=O) groups excluding carboxylic acids is 4. The summed E-state index contributed by atoms with van der Waals surface area (Å²) in [4.78, 5) is 69.8. The summed E-state index contributed by atoms with van der Waals surface area (Å²) < 4.78 is 7.24. The minimum atomic E-state index is -1.07. The van der Waals surface area contributed by atoms with Gasteiger partial charge in [0.1, 0.15) is 17.5 Å². The largest absolute Gasteiger partial charge is 0.444 e. The second kappa shape index (κ2) is 18.7. The molecule has 0 saturated heterocycles. The van der Waals surface area contributed by atoms with Gasteiger partial charge in [0, 0.05) is 25.7 Å². The van der Waals surface area contributed by atoms with Crippen LogP contribution >= 0.6 is 11.3 Å². The lowest BCUT2D eigenvalue weighted by Crippen LogP contribution is -2.52. The molecule has 0 saturated carbocycles. The summed E-state index contributed by atoms with van der Waals surface area (Å²) in [6.07, 6.45) is 9.93. The molecular formula is C40H54N8O5S. The summed E-state index contributed by atoms with van der Waals surface area (Å²) >= 11 is 1.48. The van der Waals surface area contributed by atoms with Crippen molar-refractivity contribution in [2.24, 2.45) is 5.92 Å². The maximum atomic E-state index is 13.7. The molecule has 0 fully saturated rings. The lowest BCUT2D eigenvalue weighted by molar-refractivity contribution is -0.135. The van der Waals surface area contributed by atoms with E-state index in [2.05, 4.69) is 52.9 Å². The minimum absolute atomic E-state index is 0.142. The van der Waals surface area contributed by atoms with Crippen LogP contribution in [0.2, 0.25) is 0 Å². The van der Waals surface area contributed by atoms with Gasteiger partial charge in [-0.25, -0.2) is 14.8 Å². The van der Waals surface area contributed by atoms with E-state index in [1.807, 2.05) is 46.7 Å². The number of hydrogen-bond donors (Lipinski definition) is 3. The van der Waals surface area contributed by atoms with Crippen LogP contribution in [0.1, 0.15) is 80.5 Å². The van der Waals surface area contributed by atoms with Gasteiger partial charge in [-0.15, -0.1) is 0 Å². The number of ether oxygens (including phenoxy) is 1. The highest BCUT2D eigenvalue weighted by Crippen LogP contribution is 2.31. The quantitative estimate of drug-likeness (QED) is 0.0946. The first-order chi connectivity index (χ1) is 25.6. The number of imidazole rings is 2. The Bertz CT molecular complexity index is 1920. The number of allylic oxidation sites excluding steroid dienone is 1. The number of carbonyl (C=O) groups is 4. The van der Waals surface area contributed by atoms with Crippen molar-refractivity contribution in [3.63, 3.8) is 0 Å². The number of nitrogens with one attached hydrogen (secondary N) is 3. The van der Waals surface area contributed by atoms with Crippen molar-refractivity contribution < 1.29 is 23.9 Å². The molecule has 54 heavy (non-hydrogen) atoms. The van der Waals surface area contributed by atoms with Crippen molar-refractivity contribution in [2.45, 2.75) is 92.8 Å². The van der Waals surface area contributed by atoms with Crippen molar-refractivity contribution in [1.82, 2.24) is 34.5 Å². The number of thiazole rings is 1. The Morgan fingerprint density at radius 3 is 2.30 bits per heavy atom. The standard InChI is InChI=1S/C40H54N8O5S/c1-10-18-46(35(50)20-26(5)6)23-32-41-21-30(42-32)28-14-16-29(17-15-28)31-22-48-24-33(44-38(48)54-31)43-34(49)25-47(19-11-2)37(51)36(27(12-3)13-4)45-39(52)53-40(7,8)9/h12-17,21-22,24,26,36H,3,10-11,18-20,23,25H2,1-2,4-9H3,(H,41,42)(H,43,49)(H,45,52)/b27-13+. The number of aromatic amines is 1. The second-order valence-corrected chi connectivity index (χ2v) is 15.5. The van der Waals surface area contributed by atoms with Crippen LogP contribution in [0.5, 0.6) is 0 Å². The summed E-state index contributed by atoms with van der Waals surface area (Å²) in [5.74, 6) is 0.684. The van der Waals surface area contributed by atoms with E-state index < -0.39 is 29.6 Å². The smallest absolute Gasteiger partial charge is 0.408 e. The summed E-state index contributed by atoms with van der Waals surface area (Å²) in [5.41, 5.74) is 2.60. The molecule has 4 aromatic rings. The van der Waals surface area contributed by atoms with Gasteiger partial charge < -0.3 is 30.2 Å². The molecule has 3 N–H and O–H groups in total. The third-order valence-electron chi connectivity index (χ3n) is 8.25. The van der Waals surface area contributed by atoms with Crippen LogP contribution in [0, 0.1) is 5.92 Å². The third-order valence-corrected chi connectivity index (χ3v) is 9.30. The van der Waals surface area contributed by atoms with Crippen LogP contribution in [-0.2, 0) is 25.7 Å². The zero-order valence-corrected chi connectivity index (χ0v) is 33.5. The Hall–Kier alpha value is -5.24. The molecule has 0 aliphatic rings. The van der Waals surface area contributed by atoms with E-state index in [0.29, 0.717) is 54.7 Å². The van der Waals surface area contributed by atoms with Gasteiger partial charge in [-0.1, -0.05) is 82.0 Å². The fourth-order valence-corrected chi connectivity index (χ4v) is 6.78. The van der Waals surface area contributed by atoms with E-state index in [9.17, 15) is 19.2 Å². The molecule has 1 aromatic carbocycles. The zero-order valence-electron chi connectivity index (χ0n) is 32.7. The van der Waals surface area contributed by atoms with Gasteiger partial charge >= 0.3 is 6.09 Å². The molecule has 3 aromatic heterocycles. The Kier molecular flexibility index (Phi) is 14.4. The molecule has 0 aliphatic carbocycles.